The molecule has 0 spiro atoms. The highest BCUT2D eigenvalue weighted by Crippen LogP contribution is 2.38. The number of nitrogens with one attached hydrogen (secondary N) is 1. The number of fused-ring (bicyclic) bond motifs is 1. The fourth-order valence-corrected chi connectivity index (χ4v) is 4.87. The molecule has 0 saturated heterocycles. The highest BCUT2D eigenvalue weighted by Gasteiger charge is 2.23. The number of allylic oxidation sites excluding steroid dienone is 1. The van der Waals surface area contributed by atoms with Crippen LogP contribution < -0.4 is 10.1 Å². The standard InChI is InChI=1S/C25H22N2O5S/c1-30-17-10-8-16(9-11-17)22(28)13-21(25(29)32-15-18-5-4-12-31-18)27-24-20(14-26)19-6-2-3-7-23(19)33-24/h4-5,8-13,27H,2-3,6-7,15H2,1H3. The summed E-state index contributed by atoms with van der Waals surface area (Å²) in [5, 5.41) is 13.3. The van der Waals surface area contributed by atoms with Crippen molar-refractivity contribution in [3.05, 3.63) is 81.8 Å². The molecule has 1 N–H and O–H groups in total. The predicted molar refractivity (Wildman–Crippen MR) is 123 cm³/mol. The Balaban J connectivity index is 1.62. The molecule has 0 radical (unpaired) electrons. The molecule has 1 aliphatic rings. The summed E-state index contributed by atoms with van der Waals surface area (Å²) in [5.41, 5.74) is 1.90. The second kappa shape index (κ2) is 10.2. The zero-order valence-electron chi connectivity index (χ0n) is 18.1. The summed E-state index contributed by atoms with van der Waals surface area (Å²) in [6.07, 6.45) is 6.53. The average molecular weight is 463 g/mol. The van der Waals surface area contributed by atoms with Crippen molar-refractivity contribution in [3.63, 3.8) is 0 Å². The van der Waals surface area contributed by atoms with Gasteiger partial charge in [0.25, 0.3) is 0 Å². The molecule has 0 unspecified atom stereocenters. The van der Waals surface area contributed by atoms with E-state index in [1.54, 1.807) is 43.5 Å². The van der Waals surface area contributed by atoms with Gasteiger partial charge in [0.05, 0.1) is 18.9 Å². The topological polar surface area (TPSA) is 102 Å². The van der Waals surface area contributed by atoms with Crippen molar-refractivity contribution < 1.29 is 23.5 Å². The minimum absolute atomic E-state index is 0.0440. The number of rotatable bonds is 8. The lowest BCUT2D eigenvalue weighted by molar-refractivity contribution is -0.140. The number of furan rings is 1. The largest absolute Gasteiger partial charge is 0.497 e. The van der Waals surface area contributed by atoms with Gasteiger partial charge < -0.3 is 19.2 Å². The molecule has 0 bridgehead atoms. The monoisotopic (exact) mass is 462 g/mol. The zero-order chi connectivity index (χ0) is 23.2. The number of esters is 1. The van der Waals surface area contributed by atoms with Gasteiger partial charge in [-0.25, -0.2) is 4.79 Å². The number of carbonyl (C=O) groups excluding carboxylic acids is 2. The number of nitriles is 1. The fraction of sp³-hybridized carbons (Fsp3) is 0.240. The van der Waals surface area contributed by atoms with Crippen LogP contribution in [0.3, 0.4) is 0 Å². The summed E-state index contributed by atoms with van der Waals surface area (Å²) in [6.45, 7) is -0.0758. The molecule has 2 aromatic heterocycles. The third-order valence-corrected chi connectivity index (χ3v) is 6.53. The third-order valence-electron chi connectivity index (χ3n) is 5.33. The van der Waals surface area contributed by atoms with Gasteiger partial charge in [0.1, 0.15) is 34.9 Å². The number of thiophene rings is 1. The molecule has 1 aromatic carbocycles. The number of nitrogens with zero attached hydrogens (tertiary/aromatic N) is 1. The van der Waals surface area contributed by atoms with Crippen LogP contribution in [0.1, 0.15) is 45.0 Å². The van der Waals surface area contributed by atoms with E-state index < -0.39 is 5.97 Å². The Morgan fingerprint density at radius 3 is 2.70 bits per heavy atom. The second-order valence-electron chi connectivity index (χ2n) is 7.46. The minimum atomic E-state index is -0.719. The van der Waals surface area contributed by atoms with E-state index in [9.17, 15) is 14.9 Å². The lowest BCUT2D eigenvalue weighted by Gasteiger charge is -2.10. The second-order valence-corrected chi connectivity index (χ2v) is 8.56. The summed E-state index contributed by atoms with van der Waals surface area (Å²) in [5.74, 6) is 0.00139. The molecule has 0 atom stereocenters. The van der Waals surface area contributed by atoms with Crippen LogP contribution >= 0.6 is 11.3 Å². The maximum Gasteiger partial charge on any atom is 0.355 e. The molecule has 33 heavy (non-hydrogen) atoms. The van der Waals surface area contributed by atoms with Crippen LogP contribution in [0.4, 0.5) is 5.00 Å². The number of ketones is 1. The van der Waals surface area contributed by atoms with E-state index in [1.807, 2.05) is 0 Å². The summed E-state index contributed by atoms with van der Waals surface area (Å²) >= 11 is 1.45. The number of anilines is 1. The van der Waals surface area contributed by atoms with E-state index in [0.29, 0.717) is 27.6 Å². The molecule has 4 rings (SSSR count). The molecule has 3 aromatic rings. The van der Waals surface area contributed by atoms with Crippen LogP contribution in [0.15, 0.2) is 58.9 Å². The number of benzene rings is 1. The molecule has 0 saturated carbocycles. The van der Waals surface area contributed by atoms with Gasteiger partial charge in [-0.1, -0.05) is 0 Å². The Morgan fingerprint density at radius 1 is 1.21 bits per heavy atom. The lowest BCUT2D eigenvalue weighted by atomic mass is 9.96. The Labute approximate surface area is 195 Å². The number of hydrogen-bond acceptors (Lipinski definition) is 8. The van der Waals surface area contributed by atoms with Crippen LogP contribution in [0.25, 0.3) is 0 Å². The molecule has 0 fully saturated rings. The molecule has 7 nitrogen and oxygen atoms in total. The first-order chi connectivity index (χ1) is 16.1. The van der Waals surface area contributed by atoms with Gasteiger partial charge in [0, 0.05) is 16.5 Å². The maximum atomic E-state index is 12.9. The van der Waals surface area contributed by atoms with E-state index in [4.69, 9.17) is 13.9 Å². The highest BCUT2D eigenvalue weighted by atomic mass is 32.1. The first-order valence-electron chi connectivity index (χ1n) is 10.5. The Kier molecular flexibility index (Phi) is 6.91. The first kappa shape index (κ1) is 22.4. The van der Waals surface area contributed by atoms with Gasteiger partial charge in [-0.3, -0.25) is 4.79 Å². The molecule has 8 heteroatoms. The molecule has 2 heterocycles. The van der Waals surface area contributed by atoms with Gasteiger partial charge in [0.15, 0.2) is 5.78 Å². The molecular formula is C25H22N2O5S. The van der Waals surface area contributed by atoms with Crippen LogP contribution in [-0.2, 0) is 29.0 Å². The smallest absolute Gasteiger partial charge is 0.355 e. The van der Waals surface area contributed by atoms with Gasteiger partial charge in [-0.2, -0.15) is 5.26 Å². The van der Waals surface area contributed by atoms with Crippen molar-refractivity contribution in [1.82, 2.24) is 0 Å². The predicted octanol–water partition coefficient (Wildman–Crippen LogP) is 5.02. The SMILES string of the molecule is COc1ccc(C(=O)C=C(Nc2sc3c(c2C#N)CCCC3)C(=O)OCc2ccco2)cc1. The van der Waals surface area contributed by atoms with Crippen LogP contribution in [0.5, 0.6) is 5.75 Å². The number of carbonyl (C=O) groups is 2. The van der Waals surface area contributed by atoms with Gasteiger partial charge in [0.2, 0.25) is 0 Å². The quantitative estimate of drug-likeness (QED) is 0.285. The van der Waals surface area contributed by atoms with E-state index in [2.05, 4.69) is 11.4 Å². The summed E-state index contributed by atoms with van der Waals surface area (Å²) < 4.78 is 15.7. The molecular weight excluding hydrogens is 440 g/mol. The van der Waals surface area contributed by atoms with Crippen molar-refractivity contribution >= 4 is 28.1 Å². The van der Waals surface area contributed by atoms with Crippen molar-refractivity contribution in [2.24, 2.45) is 0 Å². The maximum absolute atomic E-state index is 12.9. The van der Waals surface area contributed by atoms with E-state index in [1.165, 1.54) is 23.7 Å². The van der Waals surface area contributed by atoms with Gasteiger partial charge >= 0.3 is 5.97 Å². The van der Waals surface area contributed by atoms with Crippen LogP contribution in [0.2, 0.25) is 0 Å². The fourth-order valence-electron chi connectivity index (χ4n) is 3.62. The van der Waals surface area contributed by atoms with Crippen LogP contribution in [0, 0.1) is 11.3 Å². The average Bonchev–Trinajstić information content (AvgIpc) is 3.49. The third kappa shape index (κ3) is 5.16. The number of ether oxygens (including phenoxy) is 2. The highest BCUT2D eigenvalue weighted by molar-refractivity contribution is 7.16. The van der Waals surface area contributed by atoms with Crippen molar-refractivity contribution in [2.75, 3.05) is 12.4 Å². The minimum Gasteiger partial charge on any atom is -0.497 e. The zero-order valence-corrected chi connectivity index (χ0v) is 18.9. The lowest BCUT2D eigenvalue weighted by Crippen LogP contribution is -2.16. The molecule has 168 valence electrons. The van der Waals surface area contributed by atoms with Crippen molar-refractivity contribution in [2.45, 2.75) is 32.3 Å². The number of hydrogen-bond donors (Lipinski definition) is 1. The van der Waals surface area contributed by atoms with Gasteiger partial charge in [-0.05, 0) is 67.6 Å². The number of methoxy groups -OCH3 is 1. The molecule has 1 aliphatic carbocycles. The summed E-state index contributed by atoms with van der Waals surface area (Å²) in [6, 6.07) is 12.2. The van der Waals surface area contributed by atoms with Gasteiger partial charge in [-0.15, -0.1) is 11.3 Å². The Morgan fingerprint density at radius 2 is 2.00 bits per heavy atom. The molecule has 0 aliphatic heterocycles. The summed E-state index contributed by atoms with van der Waals surface area (Å²) in [4.78, 5) is 26.9. The Hall–Kier alpha value is -3.83. The summed E-state index contributed by atoms with van der Waals surface area (Å²) in [7, 11) is 1.54. The van der Waals surface area contributed by atoms with E-state index >= 15 is 0 Å². The van der Waals surface area contributed by atoms with Crippen molar-refractivity contribution in [3.8, 4) is 11.8 Å². The number of aryl methyl sites for hydroxylation is 1. The normalized spacial score (nSPS) is 13.0. The first-order valence-corrected chi connectivity index (χ1v) is 11.3. The van der Waals surface area contributed by atoms with E-state index in [-0.39, 0.29) is 18.1 Å². The Bertz CT molecular complexity index is 1220. The van der Waals surface area contributed by atoms with E-state index in [0.717, 1.165) is 36.1 Å². The molecule has 0 amide bonds. The van der Waals surface area contributed by atoms with Crippen LogP contribution in [-0.4, -0.2) is 18.9 Å². The van der Waals surface area contributed by atoms with Crippen molar-refractivity contribution in [1.29, 1.82) is 5.26 Å².